The first kappa shape index (κ1) is 15.0. The Balaban J connectivity index is 1.73. The van der Waals surface area contributed by atoms with Crippen molar-refractivity contribution in [2.75, 3.05) is 25.1 Å². The van der Waals surface area contributed by atoms with Crippen LogP contribution in [0.25, 0.3) is 0 Å². The molecule has 3 N–H and O–H groups in total. The zero-order valence-corrected chi connectivity index (χ0v) is 12.9. The number of anilines is 1. The maximum absolute atomic E-state index is 11.2. The van der Waals surface area contributed by atoms with E-state index in [9.17, 15) is 8.42 Å². The topological polar surface area (TPSA) is 132 Å². The molecular formula is C8H12N6O3S3. The van der Waals surface area contributed by atoms with Crippen LogP contribution in [0.15, 0.2) is 8.80 Å². The van der Waals surface area contributed by atoms with Gasteiger partial charge in [-0.15, -0.1) is 19.0 Å². The minimum Gasteiger partial charge on any atom is -0.478 e. The zero-order valence-electron chi connectivity index (χ0n) is 10.4. The Labute approximate surface area is 123 Å². The summed E-state index contributed by atoms with van der Waals surface area (Å²) in [6.07, 6.45) is 0. The molecule has 12 heteroatoms. The van der Waals surface area contributed by atoms with Gasteiger partial charge in [-0.05, 0) is 0 Å². The average Bonchev–Trinajstić information content (AvgIpc) is 2.92. The summed E-state index contributed by atoms with van der Waals surface area (Å²) in [5.74, 6) is 1.54. The number of nitrogens with one attached hydrogen (secondary N) is 1. The van der Waals surface area contributed by atoms with Gasteiger partial charge in [0.1, 0.15) is 5.01 Å². The molecule has 0 radical (unpaired) electrons. The number of nitrogen functional groups attached to an aromatic ring is 1. The molecule has 0 saturated heterocycles. The van der Waals surface area contributed by atoms with E-state index in [4.69, 9.17) is 10.5 Å². The number of rotatable bonds is 5. The molecule has 1 aromatic heterocycles. The lowest BCUT2D eigenvalue weighted by molar-refractivity contribution is 0.411. The van der Waals surface area contributed by atoms with Gasteiger partial charge in [0.2, 0.25) is 11.0 Å². The van der Waals surface area contributed by atoms with Gasteiger partial charge in [0, 0.05) is 18.1 Å². The lowest BCUT2D eigenvalue weighted by Gasteiger charge is -2.05. The second-order valence-electron chi connectivity index (χ2n) is 3.50. The van der Waals surface area contributed by atoms with Crippen LogP contribution in [0.5, 0.6) is 0 Å². The summed E-state index contributed by atoms with van der Waals surface area (Å²) in [5, 5.41) is 11.8. The van der Waals surface area contributed by atoms with Crippen LogP contribution in [-0.4, -0.2) is 49.8 Å². The highest BCUT2D eigenvalue weighted by molar-refractivity contribution is 7.98. The molecule has 110 valence electrons. The summed E-state index contributed by atoms with van der Waals surface area (Å²) in [4.78, 5) is 0. The largest absolute Gasteiger partial charge is 0.478 e. The maximum atomic E-state index is 11.2. The molecule has 0 saturated carbocycles. The average molecular weight is 336 g/mol. The Kier molecular flexibility index (Phi) is 4.77. The van der Waals surface area contributed by atoms with Gasteiger partial charge in [-0.1, -0.05) is 11.3 Å². The summed E-state index contributed by atoms with van der Waals surface area (Å²) >= 11 is 2.96. The van der Waals surface area contributed by atoms with Gasteiger partial charge in [0.05, 0.1) is 7.11 Å². The van der Waals surface area contributed by atoms with E-state index >= 15 is 0 Å². The summed E-state index contributed by atoms with van der Waals surface area (Å²) in [6, 6.07) is 0. The highest BCUT2D eigenvalue weighted by Crippen LogP contribution is 2.17. The van der Waals surface area contributed by atoms with Gasteiger partial charge in [-0.2, -0.15) is 20.2 Å². The fraction of sp³-hybridized carbons (Fsp3) is 0.500. The molecule has 0 unspecified atom stereocenters. The Hall–Kier alpha value is -1.40. The Morgan fingerprint density at radius 1 is 1.40 bits per heavy atom. The Morgan fingerprint density at radius 3 is 2.85 bits per heavy atom. The summed E-state index contributed by atoms with van der Waals surface area (Å²) in [6.45, 7) is 0.523. The van der Waals surface area contributed by atoms with E-state index in [1.807, 2.05) is 0 Å². The number of hydrogen-bond donors (Lipinski definition) is 2. The van der Waals surface area contributed by atoms with E-state index in [0.717, 1.165) is 10.8 Å². The van der Waals surface area contributed by atoms with Crippen LogP contribution in [0.4, 0.5) is 5.13 Å². The van der Waals surface area contributed by atoms with E-state index in [2.05, 4.69) is 24.3 Å². The second kappa shape index (κ2) is 6.37. The van der Waals surface area contributed by atoms with Crippen LogP contribution in [0.3, 0.4) is 0 Å². The minimum absolute atomic E-state index is 0.0214. The molecule has 9 nitrogen and oxygen atoms in total. The minimum atomic E-state index is -3.79. The first-order valence-corrected chi connectivity index (χ1v) is 8.75. The SMILES string of the molecule is COC1=NS(=O)(=O)N=C1NCCSCc1nnc(N)s1. The molecule has 2 rings (SSSR count). The van der Waals surface area contributed by atoms with Gasteiger partial charge < -0.3 is 15.8 Å². The van der Waals surface area contributed by atoms with Crippen molar-refractivity contribution >= 4 is 50.2 Å². The molecule has 0 atom stereocenters. The number of nitrogens with two attached hydrogens (primary N) is 1. The monoisotopic (exact) mass is 336 g/mol. The van der Waals surface area contributed by atoms with Crippen molar-refractivity contribution in [1.82, 2.24) is 15.5 Å². The number of nitrogens with zero attached hydrogens (tertiary/aromatic N) is 4. The van der Waals surface area contributed by atoms with E-state index in [0.29, 0.717) is 17.4 Å². The first-order valence-electron chi connectivity index (χ1n) is 5.39. The molecule has 0 amide bonds. The zero-order chi connectivity index (χ0) is 14.6. The lowest BCUT2D eigenvalue weighted by atomic mass is 10.5. The third-order valence-electron chi connectivity index (χ3n) is 2.05. The van der Waals surface area contributed by atoms with Crippen LogP contribution in [0.2, 0.25) is 0 Å². The highest BCUT2D eigenvalue weighted by atomic mass is 32.2. The predicted octanol–water partition coefficient (Wildman–Crippen LogP) is -0.355. The number of aromatic nitrogens is 2. The van der Waals surface area contributed by atoms with Crippen LogP contribution in [0.1, 0.15) is 5.01 Å². The van der Waals surface area contributed by atoms with Crippen LogP contribution < -0.4 is 11.1 Å². The van der Waals surface area contributed by atoms with Gasteiger partial charge in [0.25, 0.3) is 5.90 Å². The summed E-state index contributed by atoms with van der Waals surface area (Å²) in [5.41, 5.74) is 5.47. The summed E-state index contributed by atoms with van der Waals surface area (Å²) < 4.78 is 33.9. The number of ether oxygens (including phenoxy) is 1. The van der Waals surface area contributed by atoms with Gasteiger partial charge in [0.15, 0.2) is 0 Å². The smallest absolute Gasteiger partial charge is 0.368 e. The highest BCUT2D eigenvalue weighted by Gasteiger charge is 2.24. The Morgan fingerprint density at radius 2 is 2.20 bits per heavy atom. The predicted molar refractivity (Wildman–Crippen MR) is 79.3 cm³/mol. The standard InChI is InChI=1S/C8H12N6O3S3/c1-17-7-6(13-20(15,16)14-7)10-2-3-18-4-5-11-12-8(9)19-5/h2-4H2,1H3,(H2,9,12)(H,10,13). The summed E-state index contributed by atoms with van der Waals surface area (Å²) in [7, 11) is -2.45. The quantitative estimate of drug-likeness (QED) is 0.697. The lowest BCUT2D eigenvalue weighted by Crippen LogP contribution is -2.32. The van der Waals surface area contributed by atoms with E-state index < -0.39 is 10.2 Å². The van der Waals surface area contributed by atoms with Crippen LogP contribution in [-0.2, 0) is 20.7 Å². The molecule has 0 fully saturated rings. The molecule has 0 aliphatic carbocycles. The molecule has 0 bridgehead atoms. The van der Waals surface area contributed by atoms with E-state index in [1.165, 1.54) is 18.4 Å². The fourth-order valence-corrected chi connectivity index (χ4v) is 3.59. The molecule has 2 heterocycles. The van der Waals surface area contributed by atoms with Crippen LogP contribution in [0, 0.1) is 0 Å². The van der Waals surface area contributed by atoms with Crippen molar-refractivity contribution in [1.29, 1.82) is 0 Å². The molecular weight excluding hydrogens is 324 g/mol. The van der Waals surface area contributed by atoms with E-state index in [-0.39, 0.29) is 11.7 Å². The van der Waals surface area contributed by atoms with Gasteiger partial charge >= 0.3 is 10.2 Å². The molecule has 1 aliphatic heterocycles. The van der Waals surface area contributed by atoms with Gasteiger partial charge in [-0.25, -0.2) is 0 Å². The van der Waals surface area contributed by atoms with Crippen molar-refractivity contribution < 1.29 is 13.2 Å². The van der Waals surface area contributed by atoms with Crippen molar-refractivity contribution in [2.24, 2.45) is 8.80 Å². The number of amidine groups is 1. The first-order chi connectivity index (χ1) is 9.50. The number of methoxy groups -OCH3 is 1. The normalized spacial score (nSPS) is 16.6. The molecule has 1 aliphatic rings. The molecule has 0 spiro atoms. The second-order valence-corrected chi connectivity index (χ2v) is 6.96. The number of hydrogen-bond acceptors (Lipinski definition) is 9. The molecule has 20 heavy (non-hydrogen) atoms. The van der Waals surface area contributed by atoms with Crippen molar-refractivity contribution in [3.05, 3.63) is 5.01 Å². The van der Waals surface area contributed by atoms with Gasteiger partial charge in [-0.3, -0.25) is 0 Å². The fourth-order valence-electron chi connectivity index (χ4n) is 1.29. The third kappa shape index (κ3) is 4.05. The molecule has 0 aromatic carbocycles. The van der Waals surface area contributed by atoms with Crippen LogP contribution >= 0.6 is 23.1 Å². The Bertz CT molecular complexity index is 638. The van der Waals surface area contributed by atoms with Crippen molar-refractivity contribution in [3.63, 3.8) is 0 Å². The van der Waals surface area contributed by atoms with E-state index in [1.54, 1.807) is 11.8 Å². The molecule has 1 aromatic rings. The number of thioether (sulfide) groups is 1. The van der Waals surface area contributed by atoms with Crippen molar-refractivity contribution in [2.45, 2.75) is 5.75 Å². The maximum Gasteiger partial charge on any atom is 0.368 e. The third-order valence-corrected chi connectivity index (χ3v) is 4.76. The van der Waals surface area contributed by atoms with Crippen molar-refractivity contribution in [3.8, 4) is 0 Å².